The number of hydrogen-bond acceptors (Lipinski definition) is 6. The molecule has 33 heavy (non-hydrogen) atoms. The van der Waals surface area contributed by atoms with Crippen LogP contribution < -0.4 is 16.8 Å². The summed E-state index contributed by atoms with van der Waals surface area (Å²) in [5.74, 6) is -0.205. The third kappa shape index (κ3) is 4.92. The molecule has 1 fully saturated rings. The van der Waals surface area contributed by atoms with Crippen LogP contribution in [-0.4, -0.2) is 26.8 Å². The van der Waals surface area contributed by atoms with Gasteiger partial charge in [0.05, 0.1) is 17.7 Å². The van der Waals surface area contributed by atoms with E-state index in [0.717, 1.165) is 30.5 Å². The molecule has 0 unspecified atom stereocenters. The Labute approximate surface area is 192 Å². The maximum Gasteiger partial charge on any atom is 0.254 e. The van der Waals surface area contributed by atoms with E-state index in [1.165, 1.54) is 0 Å². The number of benzene rings is 1. The summed E-state index contributed by atoms with van der Waals surface area (Å²) in [5, 5.41) is 11.4. The van der Waals surface area contributed by atoms with Gasteiger partial charge in [-0.25, -0.2) is 4.68 Å². The molecular formula is C24H30N6O3. The molecule has 0 radical (unpaired) electrons. The van der Waals surface area contributed by atoms with Crippen molar-refractivity contribution in [2.75, 3.05) is 11.1 Å². The Morgan fingerprint density at radius 1 is 1.21 bits per heavy atom. The fourth-order valence-corrected chi connectivity index (χ4v) is 3.83. The predicted octanol–water partition coefficient (Wildman–Crippen LogP) is 3.50. The minimum absolute atomic E-state index is 0.0745. The molecule has 2 heterocycles. The SMILES string of the molecule is CC(C)(C)Cc1cc(NC(=O)Cc2ccc(-c3nn(C4(C)CC4)c(N)c3C(N)=O)cc2)on1. The van der Waals surface area contributed by atoms with Gasteiger partial charge in [0.1, 0.15) is 17.1 Å². The highest BCUT2D eigenvalue weighted by atomic mass is 16.5. The number of nitrogens with two attached hydrogens (primary N) is 2. The molecule has 5 N–H and O–H groups in total. The number of rotatable bonds is 7. The molecule has 1 aliphatic rings. The molecule has 9 nitrogen and oxygen atoms in total. The number of carbonyl (C=O) groups excluding carboxylic acids is 2. The van der Waals surface area contributed by atoms with Crippen molar-refractivity contribution in [2.24, 2.45) is 11.1 Å². The highest BCUT2D eigenvalue weighted by Gasteiger charge is 2.43. The van der Waals surface area contributed by atoms with Crippen molar-refractivity contribution in [2.45, 2.75) is 58.9 Å². The van der Waals surface area contributed by atoms with Crippen LogP contribution in [0.1, 0.15) is 62.2 Å². The van der Waals surface area contributed by atoms with Gasteiger partial charge in [0.25, 0.3) is 5.91 Å². The molecule has 1 aliphatic carbocycles. The number of anilines is 2. The lowest BCUT2D eigenvalue weighted by Gasteiger charge is -2.14. The van der Waals surface area contributed by atoms with Crippen LogP contribution in [0.25, 0.3) is 11.3 Å². The molecule has 0 bridgehead atoms. The summed E-state index contributed by atoms with van der Waals surface area (Å²) in [4.78, 5) is 24.5. The van der Waals surface area contributed by atoms with Gasteiger partial charge in [-0.1, -0.05) is 50.2 Å². The third-order valence-electron chi connectivity index (χ3n) is 5.78. The molecule has 1 saturated carbocycles. The van der Waals surface area contributed by atoms with Gasteiger partial charge < -0.3 is 16.0 Å². The Balaban J connectivity index is 1.46. The van der Waals surface area contributed by atoms with Crippen molar-refractivity contribution in [3.8, 4) is 11.3 Å². The monoisotopic (exact) mass is 450 g/mol. The number of nitrogens with one attached hydrogen (secondary N) is 1. The van der Waals surface area contributed by atoms with Crippen molar-refractivity contribution in [1.29, 1.82) is 0 Å². The maximum atomic E-state index is 12.4. The van der Waals surface area contributed by atoms with Crippen LogP contribution in [0.4, 0.5) is 11.7 Å². The first-order valence-electron chi connectivity index (χ1n) is 11.0. The molecule has 0 atom stereocenters. The summed E-state index contributed by atoms with van der Waals surface area (Å²) in [7, 11) is 0. The van der Waals surface area contributed by atoms with E-state index in [9.17, 15) is 9.59 Å². The lowest BCUT2D eigenvalue weighted by atomic mass is 9.91. The summed E-state index contributed by atoms with van der Waals surface area (Å²) in [6.45, 7) is 8.39. The van der Waals surface area contributed by atoms with E-state index < -0.39 is 5.91 Å². The molecule has 174 valence electrons. The van der Waals surface area contributed by atoms with E-state index >= 15 is 0 Å². The fraction of sp³-hybridized carbons (Fsp3) is 0.417. The molecule has 2 amide bonds. The van der Waals surface area contributed by atoms with Gasteiger partial charge in [-0.3, -0.25) is 14.9 Å². The van der Waals surface area contributed by atoms with Crippen molar-refractivity contribution in [3.63, 3.8) is 0 Å². The van der Waals surface area contributed by atoms with Gasteiger partial charge in [-0.05, 0) is 37.2 Å². The Hall–Kier alpha value is -3.62. The number of amides is 2. The van der Waals surface area contributed by atoms with Crippen molar-refractivity contribution in [1.82, 2.24) is 14.9 Å². The van der Waals surface area contributed by atoms with Crippen molar-refractivity contribution in [3.05, 3.63) is 47.2 Å². The van der Waals surface area contributed by atoms with Gasteiger partial charge in [0.2, 0.25) is 11.8 Å². The van der Waals surface area contributed by atoms with Crippen LogP contribution >= 0.6 is 0 Å². The predicted molar refractivity (Wildman–Crippen MR) is 125 cm³/mol. The van der Waals surface area contributed by atoms with E-state index in [1.807, 2.05) is 31.2 Å². The molecule has 3 aromatic rings. The van der Waals surface area contributed by atoms with Crippen LogP contribution in [0.5, 0.6) is 0 Å². The van der Waals surface area contributed by atoms with Crippen LogP contribution in [0.2, 0.25) is 0 Å². The standard InChI is InChI=1S/C24H30N6O3/c1-23(2,3)13-16-12-18(33-29-16)27-17(31)11-14-5-7-15(8-6-14)20-19(22(26)32)21(25)30(28-20)24(4)9-10-24/h5-8,12H,9-11,13,25H2,1-4H3,(H2,26,32)(H,27,31). The first-order valence-corrected chi connectivity index (χ1v) is 11.0. The number of carbonyl (C=O) groups is 2. The first-order chi connectivity index (χ1) is 15.4. The van der Waals surface area contributed by atoms with Crippen molar-refractivity contribution >= 4 is 23.5 Å². The Morgan fingerprint density at radius 2 is 1.88 bits per heavy atom. The Kier molecular flexibility index (Phi) is 5.51. The third-order valence-corrected chi connectivity index (χ3v) is 5.78. The number of hydrogen-bond donors (Lipinski definition) is 3. The van der Waals surface area contributed by atoms with Gasteiger partial charge >= 0.3 is 0 Å². The summed E-state index contributed by atoms with van der Waals surface area (Å²) in [6, 6.07) is 9.01. The van der Waals surface area contributed by atoms with E-state index in [1.54, 1.807) is 10.7 Å². The second kappa shape index (κ2) is 8.06. The van der Waals surface area contributed by atoms with E-state index in [-0.39, 0.29) is 28.8 Å². The van der Waals surface area contributed by atoms with Crippen LogP contribution in [-0.2, 0) is 23.2 Å². The normalized spacial score (nSPS) is 14.8. The van der Waals surface area contributed by atoms with E-state index in [2.05, 4.69) is 36.3 Å². The first kappa shape index (κ1) is 22.6. The van der Waals surface area contributed by atoms with Crippen LogP contribution in [0, 0.1) is 5.41 Å². The number of nitrogens with zero attached hydrogens (tertiary/aromatic N) is 3. The van der Waals surface area contributed by atoms with E-state index in [4.69, 9.17) is 16.0 Å². The van der Waals surface area contributed by atoms with Crippen molar-refractivity contribution < 1.29 is 14.1 Å². The average molecular weight is 451 g/mol. The quantitative estimate of drug-likeness (QED) is 0.503. The summed E-state index contributed by atoms with van der Waals surface area (Å²) in [6.07, 6.45) is 2.81. The van der Waals surface area contributed by atoms with Crippen LogP contribution in [0.15, 0.2) is 34.9 Å². The second-order valence-electron chi connectivity index (χ2n) is 10.2. The largest absolute Gasteiger partial charge is 0.383 e. The lowest BCUT2D eigenvalue weighted by Crippen LogP contribution is -2.19. The summed E-state index contributed by atoms with van der Waals surface area (Å²) in [5.41, 5.74) is 14.7. The zero-order valence-electron chi connectivity index (χ0n) is 19.4. The number of primary amides is 1. The highest BCUT2D eigenvalue weighted by molar-refractivity contribution is 6.03. The molecule has 2 aromatic heterocycles. The molecular weight excluding hydrogens is 420 g/mol. The summed E-state index contributed by atoms with van der Waals surface area (Å²) >= 11 is 0. The molecule has 0 saturated heterocycles. The molecule has 1 aromatic carbocycles. The maximum absolute atomic E-state index is 12.4. The minimum Gasteiger partial charge on any atom is -0.383 e. The molecule has 4 rings (SSSR count). The van der Waals surface area contributed by atoms with E-state index in [0.29, 0.717) is 23.0 Å². The fourth-order valence-electron chi connectivity index (χ4n) is 3.83. The van der Waals surface area contributed by atoms with Gasteiger partial charge in [0, 0.05) is 11.6 Å². The van der Waals surface area contributed by atoms with Gasteiger partial charge in [-0.2, -0.15) is 5.10 Å². The molecule has 0 spiro atoms. The topological polar surface area (TPSA) is 142 Å². The molecule has 0 aliphatic heterocycles. The zero-order chi connectivity index (χ0) is 24.0. The number of aromatic nitrogens is 3. The highest BCUT2D eigenvalue weighted by Crippen LogP contribution is 2.45. The van der Waals surface area contributed by atoms with Gasteiger partial charge in [0.15, 0.2) is 0 Å². The zero-order valence-corrected chi connectivity index (χ0v) is 19.4. The average Bonchev–Trinajstić information content (AvgIpc) is 3.13. The smallest absolute Gasteiger partial charge is 0.254 e. The lowest BCUT2D eigenvalue weighted by molar-refractivity contribution is -0.115. The summed E-state index contributed by atoms with van der Waals surface area (Å²) < 4.78 is 6.93. The van der Waals surface area contributed by atoms with Crippen LogP contribution in [0.3, 0.4) is 0 Å². The van der Waals surface area contributed by atoms with Gasteiger partial charge in [-0.15, -0.1) is 0 Å². The minimum atomic E-state index is -0.612. The Morgan fingerprint density at radius 3 is 2.45 bits per heavy atom. The second-order valence-corrected chi connectivity index (χ2v) is 10.2. The molecule has 9 heteroatoms. The number of nitrogen functional groups attached to an aromatic ring is 1. The Bertz CT molecular complexity index is 1200.